The number of benzene rings is 1. The number of amides is 1. The number of carbonyl (C=O) groups is 1. The third kappa shape index (κ3) is 3.01. The van der Waals surface area contributed by atoms with Gasteiger partial charge in [0.25, 0.3) is 5.91 Å². The van der Waals surface area contributed by atoms with E-state index < -0.39 is 0 Å². The summed E-state index contributed by atoms with van der Waals surface area (Å²) >= 11 is 0. The number of hydrogen-bond acceptors (Lipinski definition) is 4. The molecule has 1 amide bonds. The van der Waals surface area contributed by atoms with Gasteiger partial charge in [-0.3, -0.25) is 9.36 Å². The van der Waals surface area contributed by atoms with Gasteiger partial charge in [-0.05, 0) is 31.2 Å². The minimum Gasteiger partial charge on any atom is -0.478 e. The smallest absolute Gasteiger partial charge is 0.326 e. The molecule has 2 heterocycles. The normalized spacial score (nSPS) is 10.8. The van der Waals surface area contributed by atoms with Crippen LogP contribution in [0.3, 0.4) is 0 Å². The number of carbonyl (C=O) groups excluding carboxylic acids is 1. The lowest BCUT2D eigenvalue weighted by Crippen LogP contribution is -2.23. The second kappa shape index (κ2) is 6.57. The summed E-state index contributed by atoms with van der Waals surface area (Å²) in [6.07, 6.45) is 1.65. The zero-order valence-corrected chi connectivity index (χ0v) is 13.5. The van der Waals surface area contributed by atoms with Crippen LogP contribution in [0.15, 0.2) is 41.3 Å². The summed E-state index contributed by atoms with van der Waals surface area (Å²) in [5.74, 6) is 0.292. The van der Waals surface area contributed by atoms with Gasteiger partial charge in [-0.2, -0.15) is 0 Å². The summed E-state index contributed by atoms with van der Waals surface area (Å²) < 4.78 is 6.92. The number of rotatable bonds is 5. The van der Waals surface area contributed by atoms with Crippen LogP contribution in [0.5, 0.6) is 5.88 Å². The van der Waals surface area contributed by atoms with Crippen LogP contribution in [-0.4, -0.2) is 27.0 Å². The Hall–Kier alpha value is -3.09. The van der Waals surface area contributed by atoms with E-state index in [-0.39, 0.29) is 11.6 Å². The number of pyridine rings is 1. The van der Waals surface area contributed by atoms with E-state index in [1.54, 1.807) is 37.5 Å². The average molecular weight is 326 g/mol. The Kier molecular flexibility index (Phi) is 4.33. The van der Waals surface area contributed by atoms with Gasteiger partial charge in [0.05, 0.1) is 17.6 Å². The summed E-state index contributed by atoms with van der Waals surface area (Å²) in [5, 5.41) is 2.85. The Morgan fingerprint density at radius 2 is 2.21 bits per heavy atom. The van der Waals surface area contributed by atoms with Crippen LogP contribution in [0, 0.1) is 0 Å². The van der Waals surface area contributed by atoms with Crippen LogP contribution < -0.4 is 15.7 Å². The number of hydrogen-bond donors (Lipinski definition) is 2. The maximum absolute atomic E-state index is 12.4. The molecule has 0 unspecified atom stereocenters. The van der Waals surface area contributed by atoms with Gasteiger partial charge < -0.3 is 15.0 Å². The first-order valence-electron chi connectivity index (χ1n) is 7.63. The molecule has 2 N–H and O–H groups in total. The summed E-state index contributed by atoms with van der Waals surface area (Å²) in [6, 6.07) is 8.75. The summed E-state index contributed by atoms with van der Waals surface area (Å²) in [5.41, 5.74) is 2.47. The van der Waals surface area contributed by atoms with E-state index in [4.69, 9.17) is 4.74 Å². The van der Waals surface area contributed by atoms with Crippen LogP contribution in [0.2, 0.25) is 0 Å². The number of imidazole rings is 1. The van der Waals surface area contributed by atoms with Crippen molar-refractivity contribution in [3.05, 3.63) is 58.1 Å². The SMILES string of the molecule is CCOc1ncccc1CNC(=O)c1ccc2[nH]c(=O)n(C)c2c1. The molecular formula is C17H18N4O3. The van der Waals surface area contributed by atoms with Gasteiger partial charge in [0.1, 0.15) is 0 Å². The van der Waals surface area contributed by atoms with Crippen molar-refractivity contribution >= 4 is 16.9 Å². The van der Waals surface area contributed by atoms with Gasteiger partial charge in [-0.25, -0.2) is 9.78 Å². The second-order valence-electron chi connectivity index (χ2n) is 5.30. The predicted molar refractivity (Wildman–Crippen MR) is 90.1 cm³/mol. The number of nitrogens with zero attached hydrogens (tertiary/aromatic N) is 2. The Labute approximate surface area is 138 Å². The summed E-state index contributed by atoms with van der Waals surface area (Å²) in [6.45, 7) is 2.70. The fourth-order valence-electron chi connectivity index (χ4n) is 2.47. The third-order valence-corrected chi connectivity index (χ3v) is 3.74. The topological polar surface area (TPSA) is 89.0 Å². The number of aryl methyl sites for hydroxylation is 1. The highest BCUT2D eigenvalue weighted by Crippen LogP contribution is 2.15. The monoisotopic (exact) mass is 326 g/mol. The second-order valence-corrected chi connectivity index (χ2v) is 5.30. The summed E-state index contributed by atoms with van der Waals surface area (Å²) in [4.78, 5) is 30.9. The van der Waals surface area contributed by atoms with Crippen LogP contribution in [0.1, 0.15) is 22.8 Å². The van der Waals surface area contributed by atoms with Crippen molar-refractivity contribution in [2.45, 2.75) is 13.5 Å². The van der Waals surface area contributed by atoms with Gasteiger partial charge in [0.15, 0.2) is 0 Å². The molecule has 7 nitrogen and oxygen atoms in total. The van der Waals surface area contributed by atoms with Crippen LogP contribution in [0.25, 0.3) is 11.0 Å². The maximum Gasteiger partial charge on any atom is 0.326 e. The first kappa shape index (κ1) is 15.8. The molecule has 0 aliphatic carbocycles. The Balaban J connectivity index is 1.78. The highest BCUT2D eigenvalue weighted by Gasteiger charge is 2.11. The van der Waals surface area contributed by atoms with E-state index in [1.807, 2.05) is 13.0 Å². The minimum atomic E-state index is -0.225. The first-order valence-corrected chi connectivity index (χ1v) is 7.63. The standard InChI is InChI=1S/C17H18N4O3/c1-3-24-16-12(5-4-8-18-16)10-19-15(22)11-6-7-13-14(9-11)21(2)17(23)20-13/h4-9H,3,10H2,1-2H3,(H,19,22)(H,20,23). The van der Waals surface area contributed by atoms with E-state index in [0.717, 1.165) is 5.56 Å². The lowest BCUT2D eigenvalue weighted by atomic mass is 10.2. The molecule has 124 valence electrons. The zero-order valence-electron chi connectivity index (χ0n) is 13.5. The van der Waals surface area contributed by atoms with Gasteiger partial charge in [-0.15, -0.1) is 0 Å². The average Bonchev–Trinajstić information content (AvgIpc) is 2.88. The van der Waals surface area contributed by atoms with Crippen LogP contribution in [-0.2, 0) is 13.6 Å². The van der Waals surface area contributed by atoms with Crippen molar-refractivity contribution in [2.24, 2.45) is 7.05 Å². The molecule has 0 aliphatic heterocycles. The Morgan fingerprint density at radius 3 is 3.00 bits per heavy atom. The summed E-state index contributed by atoms with van der Waals surface area (Å²) in [7, 11) is 1.66. The largest absolute Gasteiger partial charge is 0.478 e. The highest BCUT2D eigenvalue weighted by atomic mass is 16.5. The van der Waals surface area contributed by atoms with Crippen molar-refractivity contribution in [3.8, 4) is 5.88 Å². The molecule has 0 spiro atoms. The van der Waals surface area contributed by atoms with E-state index in [0.29, 0.717) is 35.6 Å². The molecule has 1 aromatic carbocycles. The Bertz CT molecular complexity index is 942. The quantitative estimate of drug-likeness (QED) is 0.745. The van der Waals surface area contributed by atoms with Crippen molar-refractivity contribution in [1.29, 1.82) is 0 Å². The third-order valence-electron chi connectivity index (χ3n) is 3.74. The van der Waals surface area contributed by atoms with Gasteiger partial charge in [-0.1, -0.05) is 6.07 Å². The highest BCUT2D eigenvalue weighted by molar-refractivity contribution is 5.97. The van der Waals surface area contributed by atoms with Crippen molar-refractivity contribution in [2.75, 3.05) is 6.61 Å². The molecule has 0 radical (unpaired) electrons. The fraction of sp³-hybridized carbons (Fsp3) is 0.235. The molecule has 3 rings (SSSR count). The number of fused-ring (bicyclic) bond motifs is 1. The minimum absolute atomic E-state index is 0.209. The Morgan fingerprint density at radius 1 is 1.38 bits per heavy atom. The van der Waals surface area contributed by atoms with E-state index >= 15 is 0 Å². The van der Waals surface area contributed by atoms with Crippen molar-refractivity contribution < 1.29 is 9.53 Å². The molecule has 2 aromatic heterocycles. The van der Waals surface area contributed by atoms with Crippen LogP contribution in [0.4, 0.5) is 0 Å². The molecule has 3 aromatic rings. The van der Waals surface area contributed by atoms with Crippen molar-refractivity contribution in [1.82, 2.24) is 19.9 Å². The molecule has 0 fully saturated rings. The number of H-pyrrole nitrogens is 1. The predicted octanol–water partition coefficient (Wildman–Crippen LogP) is 1.59. The van der Waals surface area contributed by atoms with Gasteiger partial charge >= 0.3 is 5.69 Å². The van der Waals surface area contributed by atoms with Crippen molar-refractivity contribution in [3.63, 3.8) is 0 Å². The van der Waals surface area contributed by atoms with E-state index in [9.17, 15) is 9.59 Å². The lowest BCUT2D eigenvalue weighted by Gasteiger charge is -2.10. The number of nitrogens with one attached hydrogen (secondary N) is 2. The molecule has 0 atom stereocenters. The maximum atomic E-state index is 12.4. The molecule has 0 aliphatic rings. The molecule has 0 saturated carbocycles. The van der Waals surface area contributed by atoms with Crippen LogP contribution >= 0.6 is 0 Å². The molecule has 24 heavy (non-hydrogen) atoms. The molecule has 7 heteroatoms. The van der Waals surface area contributed by atoms with E-state index in [1.165, 1.54) is 4.57 Å². The molecule has 0 saturated heterocycles. The van der Waals surface area contributed by atoms with Gasteiger partial charge in [0.2, 0.25) is 5.88 Å². The zero-order chi connectivity index (χ0) is 17.1. The number of aromatic amines is 1. The van der Waals surface area contributed by atoms with E-state index in [2.05, 4.69) is 15.3 Å². The number of aromatic nitrogens is 3. The number of ether oxygens (including phenoxy) is 1. The molecular weight excluding hydrogens is 308 g/mol. The molecule has 0 bridgehead atoms. The first-order chi connectivity index (χ1) is 11.6. The van der Waals surface area contributed by atoms with Gasteiger partial charge in [0, 0.05) is 30.9 Å². The fourth-order valence-corrected chi connectivity index (χ4v) is 2.47. The lowest BCUT2D eigenvalue weighted by molar-refractivity contribution is 0.0950.